The second-order valence-electron chi connectivity index (χ2n) is 3.77. The summed E-state index contributed by atoms with van der Waals surface area (Å²) in [5.41, 5.74) is 1.91. The van der Waals surface area contributed by atoms with Crippen LogP contribution in [0.25, 0.3) is 11.4 Å². The number of hydrogen-bond donors (Lipinski definition) is 1. The molecule has 0 unspecified atom stereocenters. The van der Waals surface area contributed by atoms with Crippen LogP contribution in [0.2, 0.25) is 5.15 Å². The number of benzene rings is 1. The van der Waals surface area contributed by atoms with Crippen molar-refractivity contribution < 1.29 is 0 Å². The van der Waals surface area contributed by atoms with Gasteiger partial charge in [-0.2, -0.15) is 0 Å². The summed E-state index contributed by atoms with van der Waals surface area (Å²) in [5, 5.41) is 3.73. The molecule has 3 nitrogen and oxygen atoms in total. The minimum absolute atomic E-state index is 0.667. The van der Waals surface area contributed by atoms with Gasteiger partial charge in [0.25, 0.3) is 0 Å². The van der Waals surface area contributed by atoms with Crippen LogP contribution in [-0.4, -0.2) is 16.6 Å². The van der Waals surface area contributed by atoms with E-state index in [9.17, 15) is 0 Å². The van der Waals surface area contributed by atoms with Crippen LogP contribution in [0.3, 0.4) is 0 Å². The Morgan fingerprint density at radius 1 is 1.47 bits per heavy atom. The van der Waals surface area contributed by atoms with Crippen molar-refractivity contribution in [2.75, 3.05) is 7.05 Å². The Morgan fingerprint density at radius 2 is 2.24 bits per heavy atom. The molecule has 1 aromatic heterocycles. The Morgan fingerprint density at radius 3 is 2.88 bits per heavy atom. The van der Waals surface area contributed by atoms with E-state index >= 15 is 0 Å². The first-order valence-electron chi connectivity index (χ1n) is 5.25. The standard InChI is InChI=1S/C12H13BrClN3/c1-15-7-10-11(14)17(2)12(16-10)8-4-3-5-9(13)6-8/h3-6,15H,7H2,1-2H3. The van der Waals surface area contributed by atoms with Crippen molar-refractivity contribution in [3.63, 3.8) is 0 Å². The van der Waals surface area contributed by atoms with Crippen molar-refractivity contribution in [3.05, 3.63) is 39.6 Å². The summed E-state index contributed by atoms with van der Waals surface area (Å²) < 4.78 is 2.93. The summed E-state index contributed by atoms with van der Waals surface area (Å²) >= 11 is 9.69. The topological polar surface area (TPSA) is 29.9 Å². The monoisotopic (exact) mass is 313 g/mol. The average Bonchev–Trinajstić information content (AvgIpc) is 2.58. The minimum Gasteiger partial charge on any atom is -0.318 e. The van der Waals surface area contributed by atoms with E-state index < -0.39 is 0 Å². The molecule has 0 radical (unpaired) electrons. The predicted octanol–water partition coefficient (Wildman–Crippen LogP) is 3.22. The maximum absolute atomic E-state index is 6.23. The molecule has 2 rings (SSSR count). The lowest BCUT2D eigenvalue weighted by Crippen LogP contribution is -2.05. The molecular formula is C12H13BrClN3. The summed E-state index contributed by atoms with van der Waals surface area (Å²) in [5.74, 6) is 0.876. The normalized spacial score (nSPS) is 10.8. The van der Waals surface area contributed by atoms with Gasteiger partial charge in [-0.15, -0.1) is 0 Å². The van der Waals surface area contributed by atoms with Gasteiger partial charge in [-0.1, -0.05) is 39.7 Å². The van der Waals surface area contributed by atoms with Crippen LogP contribution in [-0.2, 0) is 13.6 Å². The van der Waals surface area contributed by atoms with Crippen LogP contribution in [0.1, 0.15) is 5.69 Å². The molecule has 1 N–H and O–H groups in total. The van der Waals surface area contributed by atoms with Gasteiger partial charge in [-0.3, -0.25) is 0 Å². The van der Waals surface area contributed by atoms with E-state index in [1.807, 2.05) is 42.9 Å². The summed E-state index contributed by atoms with van der Waals surface area (Å²) in [7, 11) is 3.80. The third-order valence-electron chi connectivity index (χ3n) is 2.52. The fraction of sp³-hybridized carbons (Fsp3) is 0.250. The fourth-order valence-electron chi connectivity index (χ4n) is 1.70. The van der Waals surface area contributed by atoms with Crippen molar-refractivity contribution in [3.8, 4) is 11.4 Å². The van der Waals surface area contributed by atoms with Crippen LogP contribution >= 0.6 is 27.5 Å². The molecule has 17 heavy (non-hydrogen) atoms. The Labute approximate surface area is 114 Å². The number of nitrogens with one attached hydrogen (secondary N) is 1. The maximum Gasteiger partial charge on any atom is 0.141 e. The predicted molar refractivity (Wildman–Crippen MR) is 74.1 cm³/mol. The average molecular weight is 315 g/mol. The highest BCUT2D eigenvalue weighted by Gasteiger charge is 2.13. The summed E-state index contributed by atoms with van der Waals surface area (Å²) in [6.45, 7) is 0.667. The van der Waals surface area contributed by atoms with Crippen LogP contribution in [0.4, 0.5) is 0 Å². The summed E-state index contributed by atoms with van der Waals surface area (Å²) in [4.78, 5) is 4.56. The molecule has 0 spiro atoms. The van der Waals surface area contributed by atoms with Gasteiger partial charge in [0.15, 0.2) is 0 Å². The van der Waals surface area contributed by atoms with E-state index in [0.29, 0.717) is 11.7 Å². The van der Waals surface area contributed by atoms with Gasteiger partial charge >= 0.3 is 0 Å². The lowest BCUT2D eigenvalue weighted by Gasteiger charge is -2.02. The van der Waals surface area contributed by atoms with Crippen LogP contribution in [0, 0.1) is 0 Å². The molecular weight excluding hydrogens is 302 g/mol. The van der Waals surface area contributed by atoms with E-state index in [2.05, 4.69) is 26.2 Å². The lowest BCUT2D eigenvalue weighted by atomic mass is 10.2. The van der Waals surface area contributed by atoms with Crippen molar-refractivity contribution in [2.45, 2.75) is 6.54 Å². The Bertz CT molecular complexity index is 537. The first-order valence-corrected chi connectivity index (χ1v) is 6.42. The molecule has 0 aliphatic rings. The quantitative estimate of drug-likeness (QED) is 0.942. The van der Waals surface area contributed by atoms with Gasteiger partial charge in [0.05, 0.1) is 5.69 Å². The fourth-order valence-corrected chi connectivity index (χ4v) is 2.29. The zero-order chi connectivity index (χ0) is 12.4. The summed E-state index contributed by atoms with van der Waals surface area (Å²) in [6, 6.07) is 8.02. The molecule has 0 aliphatic heterocycles. The third kappa shape index (κ3) is 2.54. The number of halogens is 2. The van der Waals surface area contributed by atoms with Gasteiger partial charge in [0.2, 0.25) is 0 Å². The van der Waals surface area contributed by atoms with Crippen LogP contribution < -0.4 is 5.32 Å². The zero-order valence-corrected chi connectivity index (χ0v) is 12.0. The molecule has 0 aliphatic carbocycles. The van der Waals surface area contributed by atoms with Crippen molar-refractivity contribution in [2.24, 2.45) is 7.05 Å². The highest BCUT2D eigenvalue weighted by Crippen LogP contribution is 2.26. The SMILES string of the molecule is CNCc1nc(-c2cccc(Br)c2)n(C)c1Cl. The lowest BCUT2D eigenvalue weighted by molar-refractivity contribution is 0.795. The zero-order valence-electron chi connectivity index (χ0n) is 9.67. The first-order chi connectivity index (χ1) is 8.13. The van der Waals surface area contributed by atoms with E-state index in [-0.39, 0.29) is 0 Å². The first kappa shape index (κ1) is 12.6. The number of aromatic nitrogens is 2. The Balaban J connectivity index is 2.49. The van der Waals surface area contributed by atoms with Gasteiger partial charge in [-0.25, -0.2) is 4.98 Å². The highest BCUT2D eigenvalue weighted by molar-refractivity contribution is 9.10. The maximum atomic E-state index is 6.23. The molecule has 5 heteroatoms. The van der Waals surface area contributed by atoms with Gasteiger partial charge in [0.1, 0.15) is 11.0 Å². The Kier molecular flexibility index (Phi) is 3.86. The molecule has 1 aromatic carbocycles. The summed E-state index contributed by atoms with van der Waals surface area (Å²) in [6.07, 6.45) is 0. The van der Waals surface area contributed by atoms with Crippen molar-refractivity contribution in [1.82, 2.24) is 14.9 Å². The molecule has 0 bridgehead atoms. The number of imidazole rings is 1. The van der Waals surface area contributed by atoms with Crippen molar-refractivity contribution >= 4 is 27.5 Å². The van der Waals surface area contributed by atoms with Crippen LogP contribution in [0.5, 0.6) is 0 Å². The second-order valence-corrected chi connectivity index (χ2v) is 5.05. The highest BCUT2D eigenvalue weighted by atomic mass is 79.9. The van der Waals surface area contributed by atoms with E-state index in [0.717, 1.165) is 21.6 Å². The Hall–Kier alpha value is -0.840. The van der Waals surface area contributed by atoms with E-state index in [1.54, 1.807) is 0 Å². The van der Waals surface area contributed by atoms with E-state index in [4.69, 9.17) is 11.6 Å². The number of rotatable bonds is 3. The van der Waals surface area contributed by atoms with Gasteiger partial charge < -0.3 is 9.88 Å². The smallest absolute Gasteiger partial charge is 0.141 e. The van der Waals surface area contributed by atoms with Crippen molar-refractivity contribution in [1.29, 1.82) is 0 Å². The van der Waals surface area contributed by atoms with Gasteiger partial charge in [0, 0.05) is 23.6 Å². The van der Waals surface area contributed by atoms with Gasteiger partial charge in [-0.05, 0) is 19.2 Å². The third-order valence-corrected chi connectivity index (χ3v) is 3.48. The second kappa shape index (κ2) is 5.21. The number of hydrogen-bond acceptors (Lipinski definition) is 2. The number of nitrogens with zero attached hydrogens (tertiary/aromatic N) is 2. The van der Waals surface area contributed by atoms with Crippen LogP contribution in [0.15, 0.2) is 28.7 Å². The molecule has 0 atom stereocenters. The molecule has 0 fully saturated rings. The molecule has 2 aromatic rings. The minimum atomic E-state index is 0.667. The molecule has 0 saturated carbocycles. The van der Waals surface area contributed by atoms with E-state index in [1.165, 1.54) is 0 Å². The molecule has 1 heterocycles. The molecule has 90 valence electrons. The molecule has 0 amide bonds. The largest absolute Gasteiger partial charge is 0.318 e. The molecule has 0 saturated heterocycles.